The summed E-state index contributed by atoms with van der Waals surface area (Å²) < 4.78 is 5.79. The number of ether oxygens (including phenoxy) is 1. The average molecular weight is 468 g/mol. The summed E-state index contributed by atoms with van der Waals surface area (Å²) in [5, 5.41) is 0. The first-order chi connectivity index (χ1) is 12.2. The van der Waals surface area contributed by atoms with Crippen molar-refractivity contribution in [2.75, 3.05) is 13.2 Å². The summed E-state index contributed by atoms with van der Waals surface area (Å²) in [4.78, 5) is 1.08. The van der Waals surface area contributed by atoms with E-state index in [-0.39, 0.29) is 0 Å². The van der Waals surface area contributed by atoms with Crippen LogP contribution in [0.4, 0.5) is 0 Å². The molecule has 0 saturated carbocycles. The molecule has 0 aromatic heterocycles. The molecule has 3 heteroatoms. The summed E-state index contributed by atoms with van der Waals surface area (Å²) in [5.74, 6) is 0. The molecule has 1 nitrogen and oxygen atoms in total. The van der Waals surface area contributed by atoms with Gasteiger partial charge in [-0.2, -0.15) is 0 Å². The zero-order valence-electron chi connectivity index (χ0n) is 14.7. The summed E-state index contributed by atoms with van der Waals surface area (Å²) in [6.45, 7) is 1.73. The van der Waals surface area contributed by atoms with Gasteiger partial charge in [-0.1, -0.05) is 92.5 Å². The Bertz CT molecular complexity index is 507. The van der Waals surface area contributed by atoms with Crippen LogP contribution in [0.2, 0.25) is 0 Å². The largest absolute Gasteiger partial charge is 0.381 e. The fourth-order valence-electron chi connectivity index (χ4n) is 2.86. The van der Waals surface area contributed by atoms with E-state index >= 15 is 0 Å². The molecule has 0 aliphatic carbocycles. The third-order valence-corrected chi connectivity index (χ3v) is 5.78. The molecule has 0 amide bonds. The van der Waals surface area contributed by atoms with Crippen LogP contribution in [0.3, 0.4) is 0 Å². The highest BCUT2D eigenvalue weighted by Gasteiger charge is 2.06. The number of rotatable bonds is 12. The van der Waals surface area contributed by atoms with Gasteiger partial charge < -0.3 is 4.74 Å². The van der Waals surface area contributed by atoms with Gasteiger partial charge in [-0.3, -0.25) is 0 Å². The standard InChI is InChI=1S/C22H28Br2O/c23-21(17-19-9-3-1-4-10-19)13-7-15-25-16-8-14-22(24)18-20-11-5-2-6-12-20/h1-6,9-12,21-22H,7-8,13-18H2/t21-,22+. The molecule has 2 aromatic rings. The zero-order valence-corrected chi connectivity index (χ0v) is 17.9. The van der Waals surface area contributed by atoms with Crippen molar-refractivity contribution >= 4 is 31.9 Å². The van der Waals surface area contributed by atoms with Crippen LogP contribution in [0.1, 0.15) is 36.8 Å². The van der Waals surface area contributed by atoms with E-state index in [0.717, 1.165) is 51.7 Å². The Morgan fingerprint density at radius 2 is 1.04 bits per heavy atom. The van der Waals surface area contributed by atoms with Gasteiger partial charge in [-0.15, -0.1) is 0 Å². The van der Waals surface area contributed by atoms with Crippen molar-refractivity contribution in [3.63, 3.8) is 0 Å². The highest BCUT2D eigenvalue weighted by molar-refractivity contribution is 9.09. The topological polar surface area (TPSA) is 9.23 Å². The van der Waals surface area contributed by atoms with Crippen molar-refractivity contribution < 1.29 is 4.74 Å². The summed E-state index contributed by atoms with van der Waals surface area (Å²) in [6, 6.07) is 21.3. The van der Waals surface area contributed by atoms with Crippen molar-refractivity contribution in [2.24, 2.45) is 0 Å². The SMILES string of the molecule is Br[C@H](CCCOCCC[C@H](Br)Cc1ccccc1)Cc1ccccc1. The van der Waals surface area contributed by atoms with Crippen LogP contribution in [-0.4, -0.2) is 22.9 Å². The normalized spacial score (nSPS) is 13.5. The molecule has 2 rings (SSSR count). The van der Waals surface area contributed by atoms with E-state index in [0.29, 0.717) is 9.65 Å². The molecule has 0 aliphatic heterocycles. The first-order valence-corrected chi connectivity index (χ1v) is 11.0. The molecule has 0 spiro atoms. The Labute approximate surface area is 169 Å². The van der Waals surface area contributed by atoms with Crippen molar-refractivity contribution in [3.8, 4) is 0 Å². The van der Waals surface area contributed by atoms with Crippen LogP contribution in [-0.2, 0) is 17.6 Å². The third-order valence-electron chi connectivity index (χ3n) is 4.21. The predicted octanol–water partition coefficient (Wildman–Crippen LogP) is 6.58. The average Bonchev–Trinajstić information content (AvgIpc) is 2.62. The van der Waals surface area contributed by atoms with Crippen LogP contribution in [0.5, 0.6) is 0 Å². The minimum atomic E-state index is 0.538. The number of alkyl halides is 2. The Morgan fingerprint density at radius 3 is 1.44 bits per heavy atom. The van der Waals surface area contributed by atoms with Crippen LogP contribution < -0.4 is 0 Å². The van der Waals surface area contributed by atoms with Gasteiger partial charge in [0.25, 0.3) is 0 Å². The van der Waals surface area contributed by atoms with Crippen molar-refractivity contribution in [2.45, 2.75) is 48.2 Å². The van der Waals surface area contributed by atoms with Crippen molar-refractivity contribution in [3.05, 3.63) is 71.8 Å². The lowest BCUT2D eigenvalue weighted by molar-refractivity contribution is 0.126. The minimum Gasteiger partial charge on any atom is -0.381 e. The number of benzene rings is 2. The maximum atomic E-state index is 5.79. The molecule has 0 bridgehead atoms. The first-order valence-electron chi connectivity index (χ1n) is 9.18. The first kappa shape index (κ1) is 20.7. The molecule has 136 valence electrons. The van der Waals surface area contributed by atoms with Gasteiger partial charge >= 0.3 is 0 Å². The molecule has 0 fully saturated rings. The summed E-state index contributed by atoms with van der Waals surface area (Å²) >= 11 is 7.57. The Kier molecular flexibility index (Phi) is 10.5. The van der Waals surface area contributed by atoms with Gasteiger partial charge in [0.15, 0.2) is 0 Å². The predicted molar refractivity (Wildman–Crippen MR) is 115 cm³/mol. The van der Waals surface area contributed by atoms with Gasteiger partial charge in [-0.25, -0.2) is 0 Å². The Hall–Kier alpha value is -0.640. The molecule has 0 saturated heterocycles. The second-order valence-corrected chi connectivity index (χ2v) is 9.06. The molecule has 0 unspecified atom stereocenters. The molecule has 0 N–H and O–H groups in total. The van der Waals surface area contributed by atoms with Gasteiger partial charge in [0.2, 0.25) is 0 Å². The van der Waals surface area contributed by atoms with Gasteiger partial charge in [0, 0.05) is 22.9 Å². The van der Waals surface area contributed by atoms with Crippen molar-refractivity contribution in [1.82, 2.24) is 0 Å². The lowest BCUT2D eigenvalue weighted by atomic mass is 10.1. The lowest BCUT2D eigenvalue weighted by Gasteiger charge is -2.11. The fourth-order valence-corrected chi connectivity index (χ4v) is 4.25. The smallest absolute Gasteiger partial charge is 0.0466 e. The molecule has 2 aromatic carbocycles. The van der Waals surface area contributed by atoms with E-state index < -0.39 is 0 Å². The second-order valence-electron chi connectivity index (χ2n) is 6.47. The van der Waals surface area contributed by atoms with E-state index in [9.17, 15) is 0 Å². The Morgan fingerprint density at radius 1 is 0.640 bits per heavy atom. The maximum Gasteiger partial charge on any atom is 0.0466 e. The van der Waals surface area contributed by atoms with Gasteiger partial charge in [-0.05, 0) is 49.7 Å². The highest BCUT2D eigenvalue weighted by atomic mass is 79.9. The summed E-state index contributed by atoms with van der Waals surface area (Å²) in [5.41, 5.74) is 2.79. The van der Waals surface area contributed by atoms with Crippen LogP contribution in [0.25, 0.3) is 0 Å². The quantitative estimate of drug-likeness (QED) is 0.253. The summed E-state index contributed by atoms with van der Waals surface area (Å²) in [6.07, 6.45) is 6.72. The number of halogens is 2. The van der Waals surface area contributed by atoms with E-state index in [4.69, 9.17) is 4.74 Å². The number of hydrogen-bond donors (Lipinski definition) is 0. The van der Waals surface area contributed by atoms with Crippen molar-refractivity contribution in [1.29, 1.82) is 0 Å². The van der Waals surface area contributed by atoms with E-state index in [1.165, 1.54) is 11.1 Å². The molecular weight excluding hydrogens is 440 g/mol. The highest BCUT2D eigenvalue weighted by Crippen LogP contribution is 2.16. The van der Waals surface area contributed by atoms with E-state index in [1.54, 1.807) is 0 Å². The second kappa shape index (κ2) is 12.7. The van der Waals surface area contributed by atoms with Crippen LogP contribution >= 0.6 is 31.9 Å². The third kappa shape index (κ3) is 9.58. The minimum absolute atomic E-state index is 0.538. The van der Waals surface area contributed by atoms with Gasteiger partial charge in [0.05, 0.1) is 0 Å². The monoisotopic (exact) mass is 466 g/mol. The van der Waals surface area contributed by atoms with Crippen LogP contribution in [0.15, 0.2) is 60.7 Å². The fraction of sp³-hybridized carbons (Fsp3) is 0.455. The molecule has 0 aliphatic rings. The molecule has 0 radical (unpaired) electrons. The van der Waals surface area contributed by atoms with E-state index in [1.807, 2.05) is 0 Å². The number of hydrogen-bond acceptors (Lipinski definition) is 1. The lowest BCUT2D eigenvalue weighted by Crippen LogP contribution is -2.07. The van der Waals surface area contributed by atoms with E-state index in [2.05, 4.69) is 92.5 Å². The van der Waals surface area contributed by atoms with Crippen LogP contribution in [0, 0.1) is 0 Å². The molecule has 2 atom stereocenters. The molecular formula is C22H28Br2O. The summed E-state index contributed by atoms with van der Waals surface area (Å²) in [7, 11) is 0. The maximum absolute atomic E-state index is 5.79. The molecule has 25 heavy (non-hydrogen) atoms. The molecule has 0 heterocycles. The Balaban J connectivity index is 1.45. The zero-order chi connectivity index (χ0) is 17.7. The van der Waals surface area contributed by atoms with Gasteiger partial charge in [0.1, 0.15) is 0 Å².